The smallest absolute Gasteiger partial charge is 0.141 e. The summed E-state index contributed by atoms with van der Waals surface area (Å²) in [6.45, 7) is 2.80. The minimum Gasteiger partial charge on any atom is -0.490 e. The van der Waals surface area contributed by atoms with Gasteiger partial charge in [-0.05, 0) is 31.7 Å². The van der Waals surface area contributed by atoms with E-state index < -0.39 is 0 Å². The largest absolute Gasteiger partial charge is 0.490 e. The molecule has 2 aliphatic rings. The van der Waals surface area contributed by atoms with Crippen LogP contribution in [0, 0.1) is 5.92 Å². The second-order valence-electron chi connectivity index (χ2n) is 6.58. The fourth-order valence-corrected chi connectivity index (χ4v) is 4.20. The third-order valence-corrected chi connectivity index (χ3v) is 5.96. The normalized spacial score (nSPS) is 18.5. The Morgan fingerprint density at radius 2 is 2.38 bits per heavy atom. The van der Waals surface area contributed by atoms with Gasteiger partial charge in [0, 0.05) is 35.8 Å². The van der Waals surface area contributed by atoms with Crippen molar-refractivity contribution in [2.45, 2.75) is 51.0 Å². The molecule has 1 N–H and O–H groups in total. The van der Waals surface area contributed by atoms with Crippen LogP contribution in [0.1, 0.15) is 43.2 Å². The van der Waals surface area contributed by atoms with Crippen molar-refractivity contribution in [3.63, 3.8) is 0 Å². The molecule has 24 heavy (non-hydrogen) atoms. The van der Waals surface area contributed by atoms with Crippen molar-refractivity contribution >= 4 is 17.6 Å². The van der Waals surface area contributed by atoms with Gasteiger partial charge in [-0.3, -0.25) is 0 Å². The van der Waals surface area contributed by atoms with Gasteiger partial charge in [0.2, 0.25) is 0 Å². The Labute approximate surface area is 146 Å². The van der Waals surface area contributed by atoms with Gasteiger partial charge in [0.1, 0.15) is 23.0 Å². The molecular formula is C18H23N3O2S. The maximum absolute atomic E-state index is 6.07. The zero-order valence-electron chi connectivity index (χ0n) is 14.0. The van der Waals surface area contributed by atoms with E-state index >= 15 is 0 Å². The number of thioether (sulfide) groups is 1. The summed E-state index contributed by atoms with van der Waals surface area (Å²) < 4.78 is 11.5. The highest BCUT2D eigenvalue weighted by atomic mass is 32.2. The van der Waals surface area contributed by atoms with Gasteiger partial charge in [0.15, 0.2) is 0 Å². The third-order valence-electron chi connectivity index (χ3n) is 4.97. The van der Waals surface area contributed by atoms with Crippen LogP contribution >= 0.6 is 11.8 Å². The molecule has 1 atom stereocenters. The van der Waals surface area contributed by atoms with Crippen LogP contribution in [0.5, 0.6) is 5.75 Å². The SMILES string of the molecule is CC(Oc1ccnc(NCc2noc3c2CSCC3)c1)C1CCC1. The monoisotopic (exact) mass is 345 g/mol. The number of anilines is 1. The topological polar surface area (TPSA) is 60.2 Å². The van der Waals surface area contributed by atoms with Crippen LogP contribution in [0.3, 0.4) is 0 Å². The number of aryl methyl sites for hydroxylation is 1. The van der Waals surface area contributed by atoms with Crippen molar-refractivity contribution in [2.75, 3.05) is 11.1 Å². The summed E-state index contributed by atoms with van der Waals surface area (Å²) in [5.74, 6) is 5.55. The molecule has 0 saturated heterocycles. The summed E-state index contributed by atoms with van der Waals surface area (Å²) in [7, 11) is 0. The summed E-state index contributed by atoms with van der Waals surface area (Å²) >= 11 is 1.93. The van der Waals surface area contributed by atoms with E-state index in [-0.39, 0.29) is 6.10 Å². The quantitative estimate of drug-likeness (QED) is 0.853. The molecule has 1 unspecified atom stereocenters. The molecule has 1 fully saturated rings. The predicted octanol–water partition coefficient (Wildman–Crippen LogP) is 4.04. The van der Waals surface area contributed by atoms with E-state index in [1.807, 2.05) is 23.9 Å². The number of rotatable bonds is 6. The molecule has 1 aliphatic heterocycles. The number of hydrogen-bond donors (Lipinski definition) is 1. The number of nitrogens with zero attached hydrogens (tertiary/aromatic N) is 2. The standard InChI is InChI=1S/C18H23N3O2S/c1-12(13-3-2-4-13)22-14-5-7-19-18(9-14)20-10-16-15-11-24-8-6-17(15)23-21-16/h5,7,9,12-13H,2-4,6,8,10-11H2,1H3,(H,19,20). The Morgan fingerprint density at radius 1 is 1.46 bits per heavy atom. The first-order valence-corrected chi connectivity index (χ1v) is 9.85. The molecule has 6 heteroatoms. The fraction of sp³-hybridized carbons (Fsp3) is 0.556. The molecular weight excluding hydrogens is 322 g/mol. The molecule has 128 valence electrons. The Kier molecular flexibility index (Phi) is 4.65. The van der Waals surface area contributed by atoms with Crippen molar-refractivity contribution in [1.82, 2.24) is 10.1 Å². The highest BCUT2D eigenvalue weighted by Crippen LogP contribution is 2.32. The number of nitrogens with one attached hydrogen (secondary N) is 1. The zero-order chi connectivity index (χ0) is 16.4. The number of hydrogen-bond acceptors (Lipinski definition) is 6. The number of aromatic nitrogens is 2. The van der Waals surface area contributed by atoms with E-state index in [0.29, 0.717) is 12.5 Å². The van der Waals surface area contributed by atoms with E-state index in [2.05, 4.69) is 22.4 Å². The van der Waals surface area contributed by atoms with E-state index in [0.717, 1.165) is 40.9 Å². The Balaban J connectivity index is 1.38. The Hall–Kier alpha value is -1.69. The molecule has 2 aromatic heterocycles. The van der Waals surface area contributed by atoms with Gasteiger partial charge in [0.05, 0.1) is 12.6 Å². The molecule has 4 rings (SSSR count). The van der Waals surface area contributed by atoms with Crippen LogP contribution in [-0.2, 0) is 18.7 Å². The average molecular weight is 345 g/mol. The molecule has 0 aromatic carbocycles. The molecule has 0 amide bonds. The van der Waals surface area contributed by atoms with Gasteiger partial charge in [-0.15, -0.1) is 0 Å². The lowest BCUT2D eigenvalue weighted by Crippen LogP contribution is -2.29. The second-order valence-corrected chi connectivity index (χ2v) is 7.68. The Morgan fingerprint density at radius 3 is 3.21 bits per heavy atom. The fourth-order valence-electron chi connectivity index (χ4n) is 3.20. The van der Waals surface area contributed by atoms with Crippen molar-refractivity contribution < 1.29 is 9.26 Å². The summed E-state index contributed by atoms with van der Waals surface area (Å²) in [5, 5.41) is 7.56. The lowest BCUT2D eigenvalue weighted by molar-refractivity contribution is 0.0989. The third kappa shape index (κ3) is 3.38. The molecule has 1 aliphatic carbocycles. The summed E-state index contributed by atoms with van der Waals surface area (Å²) in [4.78, 5) is 4.38. The lowest BCUT2D eigenvalue weighted by atomic mass is 9.82. The first kappa shape index (κ1) is 15.8. The Bertz CT molecular complexity index is 699. The highest BCUT2D eigenvalue weighted by molar-refractivity contribution is 7.98. The molecule has 0 radical (unpaired) electrons. The number of ether oxygens (including phenoxy) is 1. The van der Waals surface area contributed by atoms with Gasteiger partial charge in [-0.1, -0.05) is 11.6 Å². The average Bonchev–Trinajstić information content (AvgIpc) is 2.95. The molecule has 2 aromatic rings. The van der Waals surface area contributed by atoms with E-state index in [9.17, 15) is 0 Å². The van der Waals surface area contributed by atoms with Crippen LogP contribution in [0.4, 0.5) is 5.82 Å². The van der Waals surface area contributed by atoms with Crippen LogP contribution < -0.4 is 10.1 Å². The van der Waals surface area contributed by atoms with Crippen LogP contribution in [0.25, 0.3) is 0 Å². The van der Waals surface area contributed by atoms with Gasteiger partial charge < -0.3 is 14.6 Å². The lowest BCUT2D eigenvalue weighted by Gasteiger charge is -2.31. The van der Waals surface area contributed by atoms with Gasteiger partial charge in [-0.25, -0.2) is 4.98 Å². The summed E-state index contributed by atoms with van der Waals surface area (Å²) in [6, 6.07) is 3.89. The van der Waals surface area contributed by atoms with Crippen LogP contribution in [-0.4, -0.2) is 22.0 Å². The summed E-state index contributed by atoms with van der Waals surface area (Å²) in [6.07, 6.45) is 6.95. The van der Waals surface area contributed by atoms with Crippen molar-refractivity contribution in [2.24, 2.45) is 5.92 Å². The van der Waals surface area contributed by atoms with Crippen molar-refractivity contribution in [1.29, 1.82) is 0 Å². The minimum atomic E-state index is 0.272. The number of fused-ring (bicyclic) bond motifs is 1. The zero-order valence-corrected chi connectivity index (χ0v) is 14.8. The van der Waals surface area contributed by atoms with Crippen molar-refractivity contribution in [3.05, 3.63) is 35.3 Å². The predicted molar refractivity (Wildman–Crippen MR) is 95.4 cm³/mol. The maximum Gasteiger partial charge on any atom is 0.141 e. The summed E-state index contributed by atoms with van der Waals surface area (Å²) in [5.41, 5.74) is 2.25. The van der Waals surface area contributed by atoms with Crippen LogP contribution in [0.15, 0.2) is 22.9 Å². The maximum atomic E-state index is 6.07. The molecule has 1 saturated carbocycles. The van der Waals surface area contributed by atoms with E-state index in [1.54, 1.807) is 6.20 Å². The molecule has 0 spiro atoms. The number of pyridine rings is 1. The van der Waals surface area contributed by atoms with Gasteiger partial charge >= 0.3 is 0 Å². The molecule has 0 bridgehead atoms. The van der Waals surface area contributed by atoms with Gasteiger partial charge in [-0.2, -0.15) is 11.8 Å². The van der Waals surface area contributed by atoms with Gasteiger partial charge in [0.25, 0.3) is 0 Å². The highest BCUT2D eigenvalue weighted by Gasteiger charge is 2.25. The second kappa shape index (κ2) is 7.05. The van der Waals surface area contributed by atoms with Crippen molar-refractivity contribution in [3.8, 4) is 5.75 Å². The minimum absolute atomic E-state index is 0.272. The molecule has 3 heterocycles. The first-order chi connectivity index (χ1) is 11.8. The first-order valence-electron chi connectivity index (χ1n) is 8.70. The van der Waals surface area contributed by atoms with E-state index in [1.165, 1.54) is 24.8 Å². The van der Waals surface area contributed by atoms with Crippen LogP contribution in [0.2, 0.25) is 0 Å². The van der Waals surface area contributed by atoms with E-state index in [4.69, 9.17) is 9.26 Å². The molecule has 5 nitrogen and oxygen atoms in total.